The Morgan fingerprint density at radius 2 is 1.97 bits per heavy atom. The van der Waals surface area contributed by atoms with E-state index in [-0.39, 0.29) is 17.2 Å². The summed E-state index contributed by atoms with van der Waals surface area (Å²) in [6, 6.07) is 9.42. The van der Waals surface area contributed by atoms with Crippen LogP contribution in [-0.2, 0) is 10.2 Å². The summed E-state index contributed by atoms with van der Waals surface area (Å²) in [4.78, 5) is 13.3. The number of aryl methyl sites for hydroxylation is 1. The lowest BCUT2D eigenvalue weighted by Gasteiger charge is -2.24. The molecule has 0 aliphatic carbocycles. The molecule has 1 heterocycles. The maximum atomic E-state index is 13.3. The van der Waals surface area contributed by atoms with Crippen LogP contribution < -0.4 is 31.4 Å². The topological polar surface area (TPSA) is 115 Å². The smallest absolute Gasteiger partial charge is 0.255 e. The van der Waals surface area contributed by atoms with Crippen LogP contribution in [0, 0.1) is 12.8 Å². The number of hydrazine groups is 1. The van der Waals surface area contributed by atoms with Gasteiger partial charge in [0.1, 0.15) is 0 Å². The van der Waals surface area contributed by atoms with Crippen molar-refractivity contribution >= 4 is 34.9 Å². The maximum Gasteiger partial charge on any atom is 0.255 e. The molecule has 1 fully saturated rings. The number of hydrogen-bond donors (Lipinski definition) is 4. The Morgan fingerprint density at radius 1 is 1.26 bits per heavy atom. The molecule has 0 aromatic heterocycles. The molecule has 1 aliphatic rings. The molecule has 2 aromatic carbocycles. The van der Waals surface area contributed by atoms with Crippen molar-refractivity contribution in [1.82, 2.24) is 0 Å². The molecule has 35 heavy (non-hydrogen) atoms. The number of amides is 1. The largest absolute Gasteiger partial charge is 0.492 e. The second-order valence-corrected chi connectivity index (χ2v) is 10.3. The van der Waals surface area contributed by atoms with E-state index in [1.54, 1.807) is 25.4 Å². The summed E-state index contributed by atoms with van der Waals surface area (Å²) in [7, 11) is 1.59. The highest BCUT2D eigenvalue weighted by Crippen LogP contribution is 2.39. The second-order valence-electron chi connectivity index (χ2n) is 9.71. The number of nitrogens with two attached hydrogens (primary N) is 2. The molecule has 6 N–H and O–H groups in total. The number of carbonyl (C=O) groups is 1. The molecule has 0 saturated carbocycles. The van der Waals surface area contributed by atoms with Crippen molar-refractivity contribution in [2.75, 3.05) is 41.6 Å². The Labute approximate surface area is 212 Å². The quantitative estimate of drug-likeness (QED) is 0.233. The van der Waals surface area contributed by atoms with Gasteiger partial charge in [0, 0.05) is 36.2 Å². The van der Waals surface area contributed by atoms with Crippen LogP contribution in [0.2, 0.25) is 0 Å². The molecule has 1 amide bonds. The first-order chi connectivity index (χ1) is 16.5. The molecule has 8 nitrogen and oxygen atoms in total. The van der Waals surface area contributed by atoms with E-state index in [1.807, 2.05) is 31.4 Å². The number of anilines is 3. The van der Waals surface area contributed by atoms with Gasteiger partial charge in [-0.05, 0) is 54.2 Å². The number of ether oxygens (including phenoxy) is 2. The zero-order chi connectivity index (χ0) is 25.8. The summed E-state index contributed by atoms with van der Waals surface area (Å²) in [5.41, 5.74) is 11.4. The van der Waals surface area contributed by atoms with Crippen molar-refractivity contribution in [3.8, 4) is 5.75 Å². The Kier molecular flexibility index (Phi) is 8.58. The minimum absolute atomic E-state index is 0.117. The van der Waals surface area contributed by atoms with E-state index in [1.165, 1.54) is 17.0 Å². The predicted octanol–water partition coefficient (Wildman–Crippen LogP) is 4.76. The van der Waals surface area contributed by atoms with Gasteiger partial charge in [0.2, 0.25) is 0 Å². The molecule has 190 valence electrons. The molecule has 0 spiro atoms. The summed E-state index contributed by atoms with van der Waals surface area (Å²) in [5.74, 6) is 6.79. The molecule has 3 rings (SSSR count). The molecule has 9 heteroatoms. The van der Waals surface area contributed by atoms with Crippen LogP contribution in [0.3, 0.4) is 0 Å². The number of benzene rings is 2. The van der Waals surface area contributed by atoms with Gasteiger partial charge in [-0.2, -0.15) is 0 Å². The molecule has 0 radical (unpaired) electrons. The number of rotatable bonds is 8. The highest BCUT2D eigenvalue weighted by atomic mass is 32.2. The standard InChI is InChI=1S/C26H37N5O3S/c1-16-7-8-17(11-23(16)31(28)14-20(27)18-9-10-34-15-18)25(32)29-21-12-19(26(2,3)4)13-22(30-35-6)24(21)33-5/h7-8,11-14,18,30H,9-10,15,27-28H2,1-6H3,(H,29,32)/b20-14-. The van der Waals surface area contributed by atoms with E-state index < -0.39 is 0 Å². The number of hydrogen-bond acceptors (Lipinski definition) is 8. The van der Waals surface area contributed by atoms with Crippen molar-refractivity contribution in [3.05, 3.63) is 58.9 Å². The third-order valence-electron chi connectivity index (χ3n) is 6.06. The van der Waals surface area contributed by atoms with Crippen LogP contribution >= 0.6 is 11.9 Å². The predicted molar refractivity (Wildman–Crippen MR) is 146 cm³/mol. The first kappa shape index (κ1) is 26.7. The fourth-order valence-corrected chi connectivity index (χ4v) is 4.29. The third kappa shape index (κ3) is 6.42. The van der Waals surface area contributed by atoms with Gasteiger partial charge in [-0.15, -0.1) is 0 Å². The van der Waals surface area contributed by atoms with E-state index in [2.05, 4.69) is 30.8 Å². The van der Waals surface area contributed by atoms with Crippen molar-refractivity contribution in [2.24, 2.45) is 17.5 Å². The highest BCUT2D eigenvalue weighted by Gasteiger charge is 2.22. The summed E-state index contributed by atoms with van der Waals surface area (Å²) in [6.07, 6.45) is 4.52. The van der Waals surface area contributed by atoms with Crippen molar-refractivity contribution in [2.45, 2.75) is 39.5 Å². The molecular weight excluding hydrogens is 462 g/mol. The van der Waals surface area contributed by atoms with E-state index in [9.17, 15) is 4.79 Å². The van der Waals surface area contributed by atoms with Gasteiger partial charge >= 0.3 is 0 Å². The Morgan fingerprint density at radius 3 is 2.57 bits per heavy atom. The Hall–Kier alpha value is -2.88. The van der Waals surface area contributed by atoms with Crippen molar-refractivity contribution in [3.63, 3.8) is 0 Å². The Balaban J connectivity index is 1.91. The lowest BCUT2D eigenvalue weighted by Crippen LogP contribution is -2.28. The van der Waals surface area contributed by atoms with Gasteiger partial charge in [-0.1, -0.05) is 38.8 Å². The number of nitrogens with one attached hydrogen (secondary N) is 2. The van der Waals surface area contributed by atoms with E-state index in [0.717, 1.165) is 23.2 Å². The first-order valence-electron chi connectivity index (χ1n) is 11.6. The van der Waals surface area contributed by atoms with Crippen molar-refractivity contribution < 1.29 is 14.3 Å². The van der Waals surface area contributed by atoms with Crippen LogP contribution in [0.25, 0.3) is 0 Å². The molecule has 1 aliphatic heterocycles. The van der Waals surface area contributed by atoms with Crippen LogP contribution in [0.4, 0.5) is 17.1 Å². The SMILES string of the molecule is COc1c(NSC)cc(C(C)(C)C)cc1NC(=O)c1ccc(C)c(N(N)/C=C(\N)C2CCOC2)c1. The monoisotopic (exact) mass is 499 g/mol. The minimum Gasteiger partial charge on any atom is -0.492 e. The Bertz CT molecular complexity index is 1090. The lowest BCUT2D eigenvalue weighted by molar-refractivity contribution is 0.102. The fourth-order valence-electron chi connectivity index (χ4n) is 3.92. The fraction of sp³-hybridized carbons (Fsp3) is 0.423. The number of carbonyl (C=O) groups excluding carboxylic acids is 1. The van der Waals surface area contributed by atoms with Crippen LogP contribution in [-0.4, -0.2) is 32.5 Å². The summed E-state index contributed by atoms with van der Waals surface area (Å²) in [6.45, 7) is 9.62. The van der Waals surface area contributed by atoms with E-state index in [0.29, 0.717) is 41.6 Å². The van der Waals surface area contributed by atoms with Gasteiger partial charge in [0.05, 0.1) is 30.8 Å². The molecule has 1 unspecified atom stereocenters. The van der Waals surface area contributed by atoms with E-state index in [4.69, 9.17) is 21.1 Å². The molecular formula is C26H37N5O3S. The van der Waals surface area contributed by atoms with Crippen molar-refractivity contribution in [1.29, 1.82) is 0 Å². The molecule has 1 saturated heterocycles. The minimum atomic E-state index is -0.264. The number of methoxy groups -OCH3 is 1. The maximum absolute atomic E-state index is 13.3. The zero-order valence-corrected chi connectivity index (χ0v) is 22.2. The zero-order valence-electron chi connectivity index (χ0n) is 21.4. The second kappa shape index (κ2) is 11.2. The highest BCUT2D eigenvalue weighted by molar-refractivity contribution is 7.99. The van der Waals surface area contributed by atoms with Gasteiger partial charge in [0.15, 0.2) is 5.75 Å². The first-order valence-corrected chi connectivity index (χ1v) is 12.8. The number of nitrogens with zero attached hydrogens (tertiary/aromatic N) is 1. The van der Waals surface area contributed by atoms with Crippen LogP contribution in [0.1, 0.15) is 48.7 Å². The molecule has 2 aromatic rings. The van der Waals surface area contributed by atoms with Crippen LogP contribution in [0.15, 0.2) is 42.2 Å². The molecule has 1 atom stereocenters. The average Bonchev–Trinajstić information content (AvgIpc) is 3.34. The van der Waals surface area contributed by atoms with Crippen LogP contribution in [0.5, 0.6) is 5.75 Å². The van der Waals surface area contributed by atoms with E-state index >= 15 is 0 Å². The summed E-state index contributed by atoms with van der Waals surface area (Å²) >= 11 is 1.46. The normalized spacial score (nSPS) is 16.2. The third-order valence-corrected chi connectivity index (χ3v) is 6.48. The van der Waals surface area contributed by atoms with Gasteiger partial charge in [-0.3, -0.25) is 9.80 Å². The van der Waals surface area contributed by atoms with Gasteiger partial charge < -0.3 is 25.2 Å². The lowest BCUT2D eigenvalue weighted by atomic mass is 9.86. The van der Waals surface area contributed by atoms with Gasteiger partial charge in [-0.25, -0.2) is 5.84 Å². The summed E-state index contributed by atoms with van der Waals surface area (Å²) < 4.78 is 14.3. The average molecular weight is 500 g/mol. The molecule has 0 bridgehead atoms. The van der Waals surface area contributed by atoms with Gasteiger partial charge in [0.25, 0.3) is 5.91 Å². The summed E-state index contributed by atoms with van der Waals surface area (Å²) in [5, 5.41) is 4.50.